The van der Waals surface area contributed by atoms with Crippen LogP contribution in [0, 0.1) is 12.7 Å². The minimum Gasteiger partial charge on any atom is -0.496 e. The molecule has 3 aromatic rings. The van der Waals surface area contributed by atoms with E-state index in [1.165, 1.54) is 13.2 Å². The summed E-state index contributed by atoms with van der Waals surface area (Å²) in [7, 11) is 1.48. The van der Waals surface area contributed by atoms with Gasteiger partial charge in [-0.25, -0.2) is 9.37 Å². The van der Waals surface area contributed by atoms with Crippen molar-refractivity contribution in [2.45, 2.75) is 20.3 Å². The molecule has 2 aromatic heterocycles. The number of carbonyl (C=O) groups is 1. The Labute approximate surface area is 150 Å². The molecule has 3 rings (SSSR count). The number of nitrogens with two attached hydrogens (primary N) is 1. The van der Waals surface area contributed by atoms with Crippen molar-refractivity contribution < 1.29 is 13.9 Å². The Hall–Kier alpha value is -3.09. The zero-order valence-corrected chi connectivity index (χ0v) is 15.0. The summed E-state index contributed by atoms with van der Waals surface area (Å²) in [5.41, 5.74) is 8.30. The molecule has 0 radical (unpaired) electrons. The van der Waals surface area contributed by atoms with Gasteiger partial charge >= 0.3 is 0 Å². The molecule has 3 N–H and O–H groups in total. The summed E-state index contributed by atoms with van der Waals surface area (Å²) in [6.07, 6.45) is 0.801. The predicted molar refractivity (Wildman–Crippen MR) is 98.9 cm³/mol. The average molecular weight is 356 g/mol. The number of fused-ring (bicyclic) bond motifs is 1. The first-order valence-corrected chi connectivity index (χ1v) is 8.38. The lowest BCUT2D eigenvalue weighted by atomic mass is 10.0. The van der Waals surface area contributed by atoms with Gasteiger partial charge in [-0.2, -0.15) is 0 Å². The van der Waals surface area contributed by atoms with Crippen LogP contribution >= 0.6 is 0 Å². The van der Waals surface area contributed by atoms with Gasteiger partial charge in [0, 0.05) is 17.8 Å². The van der Waals surface area contributed by atoms with E-state index >= 15 is 0 Å². The van der Waals surface area contributed by atoms with E-state index in [2.05, 4.69) is 10.3 Å². The highest BCUT2D eigenvalue weighted by atomic mass is 19.1. The van der Waals surface area contributed by atoms with Crippen molar-refractivity contribution in [3.8, 4) is 16.9 Å². The average Bonchev–Trinajstić information content (AvgIpc) is 2.99. The van der Waals surface area contributed by atoms with Crippen molar-refractivity contribution in [3.05, 3.63) is 47.5 Å². The topological polar surface area (TPSA) is 81.6 Å². The summed E-state index contributed by atoms with van der Waals surface area (Å²) in [6.45, 7) is 4.33. The van der Waals surface area contributed by atoms with E-state index in [1.54, 1.807) is 28.7 Å². The standard InChI is InChI=1S/C19H21FN4O2/c1-4-10-22-19(25)16-17(21)24-11(2)8-9-12(18(24)23-16)15-13(20)6-5-7-14(15)26-3/h5-9H,4,10,21H2,1-3H3,(H,22,25). The third kappa shape index (κ3) is 2.85. The van der Waals surface area contributed by atoms with Gasteiger partial charge in [0.25, 0.3) is 5.91 Å². The summed E-state index contributed by atoms with van der Waals surface area (Å²) in [6, 6.07) is 8.17. The van der Waals surface area contributed by atoms with Gasteiger partial charge in [-0.1, -0.05) is 13.0 Å². The van der Waals surface area contributed by atoms with E-state index in [1.807, 2.05) is 13.8 Å². The lowest BCUT2D eigenvalue weighted by Gasteiger charge is -2.12. The van der Waals surface area contributed by atoms with Crippen LogP contribution in [0.3, 0.4) is 0 Å². The third-order valence-corrected chi connectivity index (χ3v) is 4.21. The van der Waals surface area contributed by atoms with E-state index in [0.717, 1.165) is 12.1 Å². The number of aryl methyl sites for hydroxylation is 1. The number of nitrogens with one attached hydrogen (secondary N) is 1. The number of amides is 1. The van der Waals surface area contributed by atoms with Crippen molar-refractivity contribution in [1.29, 1.82) is 0 Å². The number of methoxy groups -OCH3 is 1. The second-order valence-corrected chi connectivity index (χ2v) is 5.97. The Kier molecular flexibility index (Phi) is 4.79. The van der Waals surface area contributed by atoms with E-state index < -0.39 is 5.82 Å². The molecule has 0 atom stereocenters. The number of benzene rings is 1. The van der Waals surface area contributed by atoms with Crippen LogP contribution in [0.2, 0.25) is 0 Å². The molecule has 0 spiro atoms. The van der Waals surface area contributed by atoms with Gasteiger partial charge in [0.15, 0.2) is 5.69 Å². The maximum atomic E-state index is 14.6. The molecule has 1 aromatic carbocycles. The number of aromatic nitrogens is 2. The fourth-order valence-electron chi connectivity index (χ4n) is 2.94. The monoisotopic (exact) mass is 356 g/mol. The molecule has 0 saturated heterocycles. The number of rotatable bonds is 5. The molecule has 1 amide bonds. The van der Waals surface area contributed by atoms with Gasteiger partial charge in [0.1, 0.15) is 23.0 Å². The van der Waals surface area contributed by atoms with Gasteiger partial charge in [-0.15, -0.1) is 0 Å². The molecule has 0 fully saturated rings. The molecule has 2 heterocycles. The number of anilines is 1. The molecule has 6 nitrogen and oxygen atoms in total. The van der Waals surface area contributed by atoms with Crippen LogP contribution in [0.4, 0.5) is 10.2 Å². The Morgan fingerprint density at radius 2 is 2.12 bits per heavy atom. The summed E-state index contributed by atoms with van der Waals surface area (Å²) in [4.78, 5) is 16.8. The van der Waals surface area contributed by atoms with Crippen LogP contribution in [0.1, 0.15) is 29.5 Å². The number of carbonyl (C=O) groups excluding carboxylic acids is 1. The molecule has 0 saturated carbocycles. The first kappa shape index (κ1) is 17.7. The first-order valence-electron chi connectivity index (χ1n) is 8.38. The van der Waals surface area contributed by atoms with Crippen molar-refractivity contribution in [3.63, 3.8) is 0 Å². The third-order valence-electron chi connectivity index (χ3n) is 4.21. The van der Waals surface area contributed by atoms with Crippen LogP contribution in [-0.2, 0) is 0 Å². The van der Waals surface area contributed by atoms with Gasteiger partial charge < -0.3 is 15.8 Å². The van der Waals surface area contributed by atoms with Crippen molar-refractivity contribution in [2.24, 2.45) is 0 Å². The van der Waals surface area contributed by atoms with Crippen LogP contribution in [0.15, 0.2) is 30.3 Å². The molecule has 0 unspecified atom stereocenters. The van der Waals surface area contributed by atoms with Gasteiger partial charge in [0.05, 0.1) is 12.7 Å². The summed E-state index contributed by atoms with van der Waals surface area (Å²) >= 11 is 0. The zero-order chi connectivity index (χ0) is 18.8. The minimum absolute atomic E-state index is 0.129. The number of halogens is 1. The zero-order valence-electron chi connectivity index (χ0n) is 15.0. The number of hydrogen-bond acceptors (Lipinski definition) is 4. The Bertz CT molecular complexity index is 981. The van der Waals surface area contributed by atoms with Crippen molar-refractivity contribution >= 4 is 17.4 Å². The molecular weight excluding hydrogens is 335 g/mol. The molecule has 7 heteroatoms. The highest BCUT2D eigenvalue weighted by Gasteiger charge is 2.22. The SMILES string of the molecule is CCCNC(=O)c1nc2c(-c3c(F)cccc3OC)ccc(C)n2c1N. The van der Waals surface area contributed by atoms with E-state index in [4.69, 9.17) is 10.5 Å². The normalized spacial score (nSPS) is 10.9. The molecular formula is C19H21FN4O2. The second-order valence-electron chi connectivity index (χ2n) is 5.97. The molecule has 0 bridgehead atoms. The predicted octanol–water partition coefficient (Wildman–Crippen LogP) is 3.18. The second kappa shape index (κ2) is 7.03. The van der Waals surface area contributed by atoms with Crippen molar-refractivity contribution in [2.75, 3.05) is 19.4 Å². The fourth-order valence-corrected chi connectivity index (χ4v) is 2.94. The Morgan fingerprint density at radius 1 is 1.35 bits per heavy atom. The maximum Gasteiger partial charge on any atom is 0.273 e. The molecule has 26 heavy (non-hydrogen) atoms. The Morgan fingerprint density at radius 3 is 2.81 bits per heavy atom. The van der Waals surface area contributed by atoms with Crippen LogP contribution < -0.4 is 15.8 Å². The molecule has 0 aliphatic heterocycles. The number of pyridine rings is 1. The number of nitrogens with zero attached hydrogens (tertiary/aromatic N) is 2. The van der Waals surface area contributed by atoms with Crippen molar-refractivity contribution in [1.82, 2.24) is 14.7 Å². The van der Waals surface area contributed by atoms with E-state index in [9.17, 15) is 9.18 Å². The quantitative estimate of drug-likeness (QED) is 0.736. The molecule has 0 aliphatic rings. The van der Waals surface area contributed by atoms with Crippen LogP contribution in [0.25, 0.3) is 16.8 Å². The van der Waals surface area contributed by atoms with Gasteiger partial charge in [-0.05, 0) is 37.6 Å². The van der Waals surface area contributed by atoms with Crippen LogP contribution in [-0.4, -0.2) is 28.9 Å². The lowest BCUT2D eigenvalue weighted by Crippen LogP contribution is -2.25. The maximum absolute atomic E-state index is 14.6. The highest BCUT2D eigenvalue weighted by Crippen LogP contribution is 2.36. The summed E-state index contributed by atoms with van der Waals surface area (Å²) in [5, 5.41) is 2.77. The van der Waals surface area contributed by atoms with E-state index in [-0.39, 0.29) is 23.0 Å². The summed E-state index contributed by atoms with van der Waals surface area (Å²) < 4.78 is 21.5. The van der Waals surface area contributed by atoms with E-state index in [0.29, 0.717) is 23.5 Å². The number of hydrogen-bond donors (Lipinski definition) is 2. The molecule has 0 aliphatic carbocycles. The largest absolute Gasteiger partial charge is 0.496 e. The number of imidazole rings is 1. The van der Waals surface area contributed by atoms with Gasteiger partial charge in [-0.3, -0.25) is 9.20 Å². The molecule has 136 valence electrons. The number of ether oxygens (including phenoxy) is 1. The lowest BCUT2D eigenvalue weighted by molar-refractivity contribution is 0.0950. The summed E-state index contributed by atoms with van der Waals surface area (Å²) in [5.74, 6) is -0.176. The van der Waals surface area contributed by atoms with Crippen LogP contribution in [0.5, 0.6) is 5.75 Å². The number of nitrogen functional groups attached to an aromatic ring is 1. The Balaban J connectivity index is 2.27. The highest BCUT2D eigenvalue weighted by molar-refractivity contribution is 5.99. The smallest absolute Gasteiger partial charge is 0.273 e. The minimum atomic E-state index is -0.436. The first-order chi connectivity index (χ1) is 12.5. The van der Waals surface area contributed by atoms with Gasteiger partial charge in [0.2, 0.25) is 0 Å². The fraction of sp³-hybridized carbons (Fsp3) is 0.263.